The van der Waals surface area contributed by atoms with Crippen molar-refractivity contribution in [2.75, 3.05) is 35.0 Å². The van der Waals surface area contributed by atoms with E-state index < -0.39 is 0 Å². The van der Waals surface area contributed by atoms with Crippen molar-refractivity contribution >= 4 is 10.9 Å². The van der Waals surface area contributed by atoms with Gasteiger partial charge in [-0.15, -0.1) is 5.10 Å². The molecule has 0 saturated carbocycles. The number of rotatable bonds is 12. The molecular formula is C25H30N6O5. The van der Waals surface area contributed by atoms with E-state index in [2.05, 4.69) is 25.4 Å². The summed E-state index contributed by atoms with van der Waals surface area (Å²) in [7, 11) is 6.42. The monoisotopic (exact) mass is 494 g/mol. The van der Waals surface area contributed by atoms with Gasteiger partial charge in [0.2, 0.25) is 0 Å². The minimum absolute atomic E-state index is 0.173. The van der Waals surface area contributed by atoms with Gasteiger partial charge >= 0.3 is 0 Å². The maximum atomic E-state index is 13.0. The lowest BCUT2D eigenvalue weighted by Gasteiger charge is -2.22. The highest BCUT2D eigenvalue weighted by molar-refractivity contribution is 5.83. The first-order chi connectivity index (χ1) is 17.5. The molecule has 0 atom stereocenters. The van der Waals surface area contributed by atoms with E-state index in [1.54, 1.807) is 39.2 Å². The zero-order valence-corrected chi connectivity index (χ0v) is 20.9. The van der Waals surface area contributed by atoms with Crippen molar-refractivity contribution in [1.82, 2.24) is 30.1 Å². The fourth-order valence-electron chi connectivity index (χ4n) is 3.98. The predicted octanol–water partition coefficient (Wildman–Crippen LogP) is 2.39. The third-order valence-corrected chi connectivity index (χ3v) is 5.86. The summed E-state index contributed by atoms with van der Waals surface area (Å²) < 4.78 is 23.0. The van der Waals surface area contributed by atoms with Gasteiger partial charge < -0.3 is 23.9 Å². The molecular weight excluding hydrogens is 464 g/mol. The third kappa shape index (κ3) is 5.81. The SMILES string of the molecule is COCCn1nnnc1CN(Cc1ccc(OC)cc1)Cc1cc2cc(OC)c(OC)cc2[nH]c1=O. The van der Waals surface area contributed by atoms with E-state index in [9.17, 15) is 4.79 Å². The molecule has 0 aliphatic heterocycles. The normalized spacial score (nSPS) is 11.2. The molecule has 0 aliphatic carbocycles. The fraction of sp³-hybridized carbons (Fsp3) is 0.360. The number of H-pyrrole nitrogens is 1. The number of aromatic amines is 1. The highest BCUT2D eigenvalue weighted by Gasteiger charge is 2.17. The number of fused-ring (bicyclic) bond motifs is 1. The standard InChI is InChI=1S/C25H30N6O5/c1-33-10-9-31-24(27-28-29-31)16-30(14-17-5-7-20(34-2)8-6-17)15-19-11-18-12-22(35-3)23(36-4)13-21(18)26-25(19)32/h5-8,11-13H,9-10,14-16H2,1-4H3,(H,26,32). The topological polar surface area (TPSA) is 117 Å². The Balaban J connectivity index is 1.66. The van der Waals surface area contributed by atoms with Crippen LogP contribution >= 0.6 is 0 Å². The Bertz CT molecular complexity index is 1350. The van der Waals surface area contributed by atoms with Crippen molar-refractivity contribution < 1.29 is 18.9 Å². The van der Waals surface area contributed by atoms with E-state index >= 15 is 0 Å². The van der Waals surface area contributed by atoms with Gasteiger partial charge in [0.25, 0.3) is 5.56 Å². The smallest absolute Gasteiger partial charge is 0.252 e. The Morgan fingerprint density at radius 2 is 1.67 bits per heavy atom. The van der Waals surface area contributed by atoms with Crippen LogP contribution in [0, 0.1) is 0 Å². The van der Waals surface area contributed by atoms with Crippen LogP contribution in [-0.4, -0.2) is 65.1 Å². The molecule has 2 aromatic heterocycles. The summed E-state index contributed by atoms with van der Waals surface area (Å²) in [6, 6.07) is 13.3. The quantitative estimate of drug-likeness (QED) is 0.317. The summed E-state index contributed by atoms with van der Waals surface area (Å²) in [5, 5.41) is 13.0. The Labute approximate surface area is 208 Å². The molecule has 36 heavy (non-hydrogen) atoms. The molecule has 190 valence electrons. The largest absolute Gasteiger partial charge is 0.497 e. The highest BCUT2D eigenvalue weighted by Crippen LogP contribution is 2.31. The number of pyridine rings is 1. The van der Waals surface area contributed by atoms with Crippen molar-refractivity contribution in [3.8, 4) is 17.2 Å². The summed E-state index contributed by atoms with van der Waals surface area (Å²) in [6.07, 6.45) is 0. The van der Waals surface area contributed by atoms with E-state index in [0.717, 1.165) is 16.7 Å². The van der Waals surface area contributed by atoms with Crippen molar-refractivity contribution in [3.63, 3.8) is 0 Å². The average molecular weight is 495 g/mol. The lowest BCUT2D eigenvalue weighted by atomic mass is 10.1. The molecule has 0 spiro atoms. The molecule has 2 heterocycles. The Kier molecular flexibility index (Phi) is 8.13. The Morgan fingerprint density at radius 3 is 2.36 bits per heavy atom. The van der Waals surface area contributed by atoms with Crippen LogP contribution < -0.4 is 19.8 Å². The van der Waals surface area contributed by atoms with Crippen LogP contribution in [0.2, 0.25) is 0 Å². The van der Waals surface area contributed by atoms with Gasteiger partial charge in [0.15, 0.2) is 17.3 Å². The number of ether oxygens (including phenoxy) is 4. The molecule has 4 aromatic rings. The molecule has 0 aliphatic rings. The van der Waals surface area contributed by atoms with Crippen LogP contribution in [0.25, 0.3) is 10.9 Å². The van der Waals surface area contributed by atoms with E-state index in [0.29, 0.717) is 61.2 Å². The Hall–Kier alpha value is -3.96. The number of tetrazole rings is 1. The van der Waals surface area contributed by atoms with Gasteiger partial charge in [-0.05, 0) is 40.3 Å². The molecule has 0 radical (unpaired) electrons. The van der Waals surface area contributed by atoms with Gasteiger partial charge in [-0.2, -0.15) is 0 Å². The van der Waals surface area contributed by atoms with Gasteiger partial charge in [0.05, 0.1) is 46.5 Å². The van der Waals surface area contributed by atoms with E-state index in [4.69, 9.17) is 18.9 Å². The second-order valence-corrected chi connectivity index (χ2v) is 8.22. The number of benzene rings is 2. The summed E-state index contributed by atoms with van der Waals surface area (Å²) in [5.41, 5.74) is 2.18. The number of aromatic nitrogens is 5. The number of nitrogens with one attached hydrogen (secondary N) is 1. The second kappa shape index (κ2) is 11.6. The van der Waals surface area contributed by atoms with Gasteiger partial charge in [0, 0.05) is 37.2 Å². The van der Waals surface area contributed by atoms with Crippen LogP contribution in [0.4, 0.5) is 0 Å². The predicted molar refractivity (Wildman–Crippen MR) is 133 cm³/mol. The first-order valence-electron chi connectivity index (χ1n) is 11.4. The highest BCUT2D eigenvalue weighted by atomic mass is 16.5. The van der Waals surface area contributed by atoms with Crippen LogP contribution in [0.15, 0.2) is 47.3 Å². The first-order valence-corrected chi connectivity index (χ1v) is 11.4. The van der Waals surface area contributed by atoms with Crippen LogP contribution in [0.3, 0.4) is 0 Å². The number of nitrogens with zero attached hydrogens (tertiary/aromatic N) is 5. The van der Waals surface area contributed by atoms with E-state index in [1.165, 1.54) is 0 Å². The average Bonchev–Trinajstić information content (AvgIpc) is 3.34. The van der Waals surface area contributed by atoms with Gasteiger partial charge in [-0.25, -0.2) is 4.68 Å². The molecule has 0 unspecified atom stereocenters. The molecule has 0 saturated heterocycles. The minimum Gasteiger partial charge on any atom is -0.497 e. The number of methoxy groups -OCH3 is 4. The molecule has 0 bridgehead atoms. The van der Waals surface area contributed by atoms with Crippen molar-refractivity contribution in [2.45, 2.75) is 26.2 Å². The molecule has 11 nitrogen and oxygen atoms in total. The second-order valence-electron chi connectivity index (χ2n) is 8.22. The van der Waals surface area contributed by atoms with Crippen LogP contribution in [-0.2, 0) is 30.9 Å². The van der Waals surface area contributed by atoms with Crippen LogP contribution in [0.1, 0.15) is 17.0 Å². The molecule has 4 rings (SSSR count). The first kappa shape index (κ1) is 25.1. The van der Waals surface area contributed by atoms with Gasteiger partial charge in [-0.3, -0.25) is 9.69 Å². The summed E-state index contributed by atoms with van der Waals surface area (Å²) in [5.74, 6) is 2.61. The Morgan fingerprint density at radius 1 is 0.917 bits per heavy atom. The zero-order valence-electron chi connectivity index (χ0n) is 20.9. The van der Waals surface area contributed by atoms with E-state index in [1.807, 2.05) is 36.4 Å². The molecule has 11 heteroatoms. The summed E-state index contributed by atoms with van der Waals surface area (Å²) in [4.78, 5) is 18.1. The molecule has 0 fully saturated rings. The number of hydrogen-bond acceptors (Lipinski definition) is 9. The molecule has 2 aromatic carbocycles. The summed E-state index contributed by atoms with van der Waals surface area (Å²) >= 11 is 0. The van der Waals surface area contributed by atoms with E-state index in [-0.39, 0.29) is 5.56 Å². The lowest BCUT2D eigenvalue weighted by molar-refractivity contribution is 0.177. The number of hydrogen-bond donors (Lipinski definition) is 1. The van der Waals surface area contributed by atoms with Crippen molar-refractivity contribution in [1.29, 1.82) is 0 Å². The maximum Gasteiger partial charge on any atom is 0.252 e. The zero-order chi connectivity index (χ0) is 25.5. The molecule has 1 N–H and O–H groups in total. The van der Waals surface area contributed by atoms with Crippen LogP contribution in [0.5, 0.6) is 17.2 Å². The summed E-state index contributed by atoms with van der Waals surface area (Å²) in [6.45, 7) is 2.42. The lowest BCUT2D eigenvalue weighted by Crippen LogP contribution is -2.28. The fourth-order valence-corrected chi connectivity index (χ4v) is 3.98. The maximum absolute atomic E-state index is 13.0. The van der Waals surface area contributed by atoms with Crippen molar-refractivity contribution in [3.05, 3.63) is 69.8 Å². The van der Waals surface area contributed by atoms with Gasteiger partial charge in [-0.1, -0.05) is 12.1 Å². The third-order valence-electron chi connectivity index (χ3n) is 5.86. The minimum atomic E-state index is -0.173. The molecule has 0 amide bonds. The van der Waals surface area contributed by atoms with Gasteiger partial charge in [0.1, 0.15) is 5.75 Å². The van der Waals surface area contributed by atoms with Crippen molar-refractivity contribution in [2.24, 2.45) is 0 Å².